The SMILES string of the molecule is C[C@H]1CN(C(=O)c2cc(-c3ccc(F)cc3N)nn2C)Cc2cnc([C@@](C)(O)C(F)(F)F)n21. The van der Waals surface area contributed by atoms with Crippen molar-refractivity contribution in [2.75, 3.05) is 12.3 Å². The highest BCUT2D eigenvalue weighted by Gasteiger charge is 2.55. The highest BCUT2D eigenvalue weighted by Crippen LogP contribution is 2.40. The Morgan fingerprint density at radius 3 is 2.61 bits per heavy atom. The summed E-state index contributed by atoms with van der Waals surface area (Å²) in [4.78, 5) is 18.5. The molecule has 1 amide bonds. The summed E-state index contributed by atoms with van der Waals surface area (Å²) >= 11 is 0. The fraction of sp³-hybridized carbons (Fsp3) is 0.381. The minimum Gasteiger partial charge on any atom is -0.398 e. The maximum atomic E-state index is 13.4. The minimum absolute atomic E-state index is 0.00328. The van der Waals surface area contributed by atoms with Crippen molar-refractivity contribution in [3.05, 3.63) is 53.5 Å². The molecule has 0 aliphatic carbocycles. The number of alkyl halides is 3. The van der Waals surface area contributed by atoms with Gasteiger partial charge in [-0.2, -0.15) is 18.3 Å². The number of fused-ring (bicyclic) bond motifs is 1. The molecule has 0 saturated carbocycles. The summed E-state index contributed by atoms with van der Waals surface area (Å²) in [6.45, 7) is 2.41. The van der Waals surface area contributed by atoms with Crippen LogP contribution in [0.15, 0.2) is 30.5 Å². The first kappa shape index (κ1) is 22.8. The van der Waals surface area contributed by atoms with Gasteiger partial charge in [-0.05, 0) is 38.1 Å². The van der Waals surface area contributed by atoms with Crippen molar-refractivity contribution >= 4 is 11.6 Å². The first-order valence-electron chi connectivity index (χ1n) is 10.1. The van der Waals surface area contributed by atoms with Gasteiger partial charge in [0, 0.05) is 24.8 Å². The van der Waals surface area contributed by atoms with E-state index in [1.54, 1.807) is 14.0 Å². The van der Waals surface area contributed by atoms with Gasteiger partial charge in [0.15, 0.2) is 5.82 Å². The zero-order valence-corrected chi connectivity index (χ0v) is 18.1. The molecule has 1 aromatic carbocycles. The lowest BCUT2D eigenvalue weighted by Gasteiger charge is -2.36. The van der Waals surface area contributed by atoms with E-state index in [4.69, 9.17) is 5.73 Å². The van der Waals surface area contributed by atoms with E-state index >= 15 is 0 Å². The predicted octanol–water partition coefficient (Wildman–Crippen LogP) is 2.99. The molecule has 0 radical (unpaired) electrons. The molecule has 0 saturated heterocycles. The van der Waals surface area contributed by atoms with Gasteiger partial charge in [0.2, 0.25) is 5.60 Å². The molecular weight excluding hydrogens is 444 g/mol. The lowest BCUT2D eigenvalue weighted by atomic mass is 10.0. The van der Waals surface area contributed by atoms with Crippen molar-refractivity contribution in [3.8, 4) is 11.3 Å². The van der Waals surface area contributed by atoms with E-state index in [0.29, 0.717) is 23.9 Å². The highest BCUT2D eigenvalue weighted by molar-refractivity contribution is 5.94. The molecule has 8 nitrogen and oxygen atoms in total. The number of amides is 1. The first-order valence-corrected chi connectivity index (χ1v) is 10.1. The second-order valence-electron chi connectivity index (χ2n) is 8.32. The molecule has 176 valence electrons. The molecule has 3 aromatic rings. The van der Waals surface area contributed by atoms with Crippen molar-refractivity contribution in [2.45, 2.75) is 38.2 Å². The van der Waals surface area contributed by atoms with Gasteiger partial charge < -0.3 is 20.3 Å². The molecule has 33 heavy (non-hydrogen) atoms. The van der Waals surface area contributed by atoms with Crippen LogP contribution < -0.4 is 5.73 Å². The topological polar surface area (TPSA) is 102 Å². The molecule has 1 aliphatic heterocycles. The number of imidazole rings is 1. The fourth-order valence-corrected chi connectivity index (χ4v) is 4.04. The lowest BCUT2D eigenvalue weighted by molar-refractivity contribution is -0.263. The summed E-state index contributed by atoms with van der Waals surface area (Å²) in [5.41, 5.74) is 4.38. The lowest BCUT2D eigenvalue weighted by Crippen LogP contribution is -2.45. The van der Waals surface area contributed by atoms with E-state index in [1.165, 1.54) is 38.5 Å². The number of nitrogen functional groups attached to an aromatic ring is 1. The Morgan fingerprint density at radius 1 is 1.27 bits per heavy atom. The van der Waals surface area contributed by atoms with E-state index in [2.05, 4.69) is 10.1 Å². The molecule has 12 heteroatoms. The Labute approximate surface area is 186 Å². The highest BCUT2D eigenvalue weighted by atomic mass is 19.4. The molecule has 0 bridgehead atoms. The summed E-state index contributed by atoms with van der Waals surface area (Å²) in [5.74, 6) is -1.40. The van der Waals surface area contributed by atoms with Crippen molar-refractivity contribution < 1.29 is 27.5 Å². The number of anilines is 1. The molecule has 2 aromatic heterocycles. The van der Waals surface area contributed by atoms with Crippen molar-refractivity contribution in [2.24, 2.45) is 7.05 Å². The van der Waals surface area contributed by atoms with Gasteiger partial charge in [-0.25, -0.2) is 9.37 Å². The number of benzene rings is 1. The predicted molar refractivity (Wildman–Crippen MR) is 110 cm³/mol. The summed E-state index contributed by atoms with van der Waals surface area (Å²) in [7, 11) is 1.58. The van der Waals surface area contributed by atoms with Crippen LogP contribution in [-0.4, -0.2) is 48.0 Å². The Kier molecular flexibility index (Phi) is 5.23. The normalized spacial score (nSPS) is 18.2. The molecule has 3 heterocycles. The number of rotatable bonds is 3. The third-order valence-electron chi connectivity index (χ3n) is 5.81. The Hall–Kier alpha value is -3.41. The largest absolute Gasteiger partial charge is 0.424 e. The number of hydrogen-bond donors (Lipinski definition) is 2. The van der Waals surface area contributed by atoms with Crippen LogP contribution in [0.5, 0.6) is 0 Å². The fourth-order valence-electron chi connectivity index (χ4n) is 4.04. The van der Waals surface area contributed by atoms with E-state index in [0.717, 1.165) is 6.07 Å². The van der Waals surface area contributed by atoms with Crippen LogP contribution in [0.25, 0.3) is 11.3 Å². The molecule has 0 spiro atoms. The third kappa shape index (κ3) is 3.73. The number of hydrogen-bond acceptors (Lipinski definition) is 5. The smallest absolute Gasteiger partial charge is 0.398 e. The first-order chi connectivity index (χ1) is 15.3. The van der Waals surface area contributed by atoms with Crippen molar-refractivity contribution in [1.82, 2.24) is 24.2 Å². The molecular formula is C21H22F4N6O2. The van der Waals surface area contributed by atoms with Crippen LogP contribution in [0.3, 0.4) is 0 Å². The molecule has 4 rings (SSSR count). The zero-order chi connectivity index (χ0) is 24.3. The molecule has 1 aliphatic rings. The standard InChI is InChI=1S/C21H22F4N6O2/c1-11-9-30(10-13-8-27-19(31(11)13)20(2,33)21(23,24)25)18(32)17-7-16(28-29(17)3)14-5-4-12(22)6-15(14)26/h4-8,11,33H,9-10,26H2,1-3H3/t11-,20+/m0/s1. The summed E-state index contributed by atoms with van der Waals surface area (Å²) in [6, 6.07) is 4.83. The third-order valence-corrected chi connectivity index (χ3v) is 5.81. The number of carbonyl (C=O) groups excluding carboxylic acids is 1. The summed E-state index contributed by atoms with van der Waals surface area (Å²) in [6.07, 6.45) is -3.67. The van der Waals surface area contributed by atoms with E-state index in [-0.39, 0.29) is 30.4 Å². The average Bonchev–Trinajstić information content (AvgIpc) is 3.31. The minimum atomic E-state index is -4.91. The van der Waals surface area contributed by atoms with E-state index in [1.807, 2.05) is 0 Å². The second-order valence-corrected chi connectivity index (χ2v) is 8.32. The number of aryl methyl sites for hydroxylation is 1. The molecule has 0 unspecified atom stereocenters. The monoisotopic (exact) mass is 466 g/mol. The van der Waals surface area contributed by atoms with Crippen molar-refractivity contribution in [1.29, 1.82) is 0 Å². The zero-order valence-electron chi connectivity index (χ0n) is 18.1. The Balaban J connectivity index is 1.63. The molecule has 0 fully saturated rings. The molecule has 3 N–H and O–H groups in total. The van der Waals surface area contributed by atoms with Gasteiger partial charge in [0.25, 0.3) is 5.91 Å². The maximum absolute atomic E-state index is 13.4. The summed E-state index contributed by atoms with van der Waals surface area (Å²) < 4.78 is 56.1. The number of carbonyl (C=O) groups is 1. The van der Waals surface area contributed by atoms with Gasteiger partial charge in [-0.3, -0.25) is 9.48 Å². The number of halogens is 4. The van der Waals surface area contributed by atoms with Gasteiger partial charge in [-0.1, -0.05) is 0 Å². The second kappa shape index (κ2) is 7.58. The van der Waals surface area contributed by atoms with Crippen LogP contribution in [0.4, 0.5) is 23.2 Å². The van der Waals surface area contributed by atoms with Crippen LogP contribution >= 0.6 is 0 Å². The van der Waals surface area contributed by atoms with E-state index in [9.17, 15) is 27.5 Å². The number of nitrogens with two attached hydrogens (primary N) is 1. The maximum Gasteiger partial charge on any atom is 0.424 e. The van der Waals surface area contributed by atoms with Gasteiger partial charge in [0.05, 0.1) is 30.2 Å². The van der Waals surface area contributed by atoms with E-state index < -0.39 is 29.5 Å². The molecule has 2 atom stereocenters. The van der Waals surface area contributed by atoms with Crippen LogP contribution in [0.1, 0.15) is 41.9 Å². The number of aliphatic hydroxyl groups is 1. The average molecular weight is 466 g/mol. The van der Waals surface area contributed by atoms with Crippen LogP contribution in [0.2, 0.25) is 0 Å². The number of nitrogens with zero attached hydrogens (tertiary/aromatic N) is 5. The summed E-state index contributed by atoms with van der Waals surface area (Å²) in [5, 5.41) is 14.4. The van der Waals surface area contributed by atoms with Crippen LogP contribution in [0, 0.1) is 5.82 Å². The van der Waals surface area contributed by atoms with Gasteiger partial charge >= 0.3 is 6.18 Å². The number of aromatic nitrogens is 4. The Morgan fingerprint density at radius 2 is 1.97 bits per heavy atom. The van der Waals surface area contributed by atoms with Gasteiger partial charge in [-0.15, -0.1) is 0 Å². The van der Waals surface area contributed by atoms with Gasteiger partial charge in [0.1, 0.15) is 11.5 Å². The van der Waals surface area contributed by atoms with Crippen molar-refractivity contribution in [3.63, 3.8) is 0 Å². The van der Waals surface area contributed by atoms with Crippen LogP contribution in [-0.2, 0) is 19.2 Å². The Bertz CT molecular complexity index is 1230. The quantitative estimate of drug-likeness (QED) is 0.457.